The molecule has 0 fully saturated rings. The average molecular weight is 309 g/mol. The fourth-order valence-electron chi connectivity index (χ4n) is 2.01. The van der Waals surface area contributed by atoms with Gasteiger partial charge in [0.15, 0.2) is 0 Å². The molecule has 2 rings (SSSR count). The van der Waals surface area contributed by atoms with Gasteiger partial charge in [-0.3, -0.25) is 4.90 Å². The highest BCUT2D eigenvalue weighted by Gasteiger charge is 2.21. The van der Waals surface area contributed by atoms with Crippen molar-refractivity contribution in [3.05, 3.63) is 58.5 Å². The molecule has 1 unspecified atom stereocenters. The minimum Gasteiger partial charge on any atom is -0.466 e. The molecule has 96 valence electrons. The van der Waals surface area contributed by atoms with Crippen LogP contribution in [0.2, 0.25) is 0 Å². The predicted molar refractivity (Wildman–Crippen MR) is 76.1 cm³/mol. The molecular formula is C14H17BrN2O. The molecule has 0 bridgehead atoms. The van der Waals surface area contributed by atoms with Crippen LogP contribution in [-0.4, -0.2) is 18.5 Å². The molecule has 1 atom stereocenters. The molecule has 0 aliphatic rings. The number of nitrogens with two attached hydrogens (primary N) is 1. The molecule has 1 aromatic carbocycles. The predicted octanol–water partition coefficient (Wildman–Crippen LogP) is 3.17. The lowest BCUT2D eigenvalue weighted by molar-refractivity contribution is 0.212. The van der Waals surface area contributed by atoms with Crippen molar-refractivity contribution in [1.82, 2.24) is 4.90 Å². The van der Waals surface area contributed by atoms with Crippen LogP contribution in [0, 0.1) is 0 Å². The normalized spacial score (nSPS) is 12.9. The summed E-state index contributed by atoms with van der Waals surface area (Å²) in [5, 5.41) is 0. The molecule has 18 heavy (non-hydrogen) atoms. The van der Waals surface area contributed by atoms with Crippen LogP contribution < -0.4 is 5.73 Å². The van der Waals surface area contributed by atoms with Crippen molar-refractivity contribution < 1.29 is 4.42 Å². The van der Waals surface area contributed by atoms with Crippen molar-refractivity contribution in [1.29, 1.82) is 0 Å². The van der Waals surface area contributed by atoms with Gasteiger partial charge in [-0.05, 0) is 34.6 Å². The Morgan fingerprint density at radius 2 is 2.00 bits per heavy atom. The number of halogens is 1. The van der Waals surface area contributed by atoms with Crippen LogP contribution >= 0.6 is 15.9 Å². The minimum atomic E-state index is 0.0783. The first-order chi connectivity index (χ1) is 8.72. The fourth-order valence-corrected chi connectivity index (χ4v) is 2.48. The number of rotatable bonds is 5. The van der Waals surface area contributed by atoms with Crippen LogP contribution in [0.3, 0.4) is 0 Å². The van der Waals surface area contributed by atoms with Gasteiger partial charge in [-0.1, -0.05) is 30.3 Å². The molecular weight excluding hydrogens is 292 g/mol. The zero-order chi connectivity index (χ0) is 13.0. The van der Waals surface area contributed by atoms with Crippen molar-refractivity contribution in [2.45, 2.75) is 12.6 Å². The Morgan fingerprint density at radius 1 is 1.28 bits per heavy atom. The summed E-state index contributed by atoms with van der Waals surface area (Å²) in [6, 6.07) is 12.3. The van der Waals surface area contributed by atoms with Crippen LogP contribution in [0.15, 0.2) is 51.6 Å². The molecule has 0 amide bonds. The number of benzene rings is 1. The first kappa shape index (κ1) is 13.3. The molecule has 0 saturated heterocycles. The van der Waals surface area contributed by atoms with Crippen molar-refractivity contribution in [3.8, 4) is 0 Å². The first-order valence-corrected chi connectivity index (χ1v) is 6.68. The summed E-state index contributed by atoms with van der Waals surface area (Å²) < 4.78 is 6.48. The maximum absolute atomic E-state index is 5.86. The van der Waals surface area contributed by atoms with Gasteiger partial charge in [0.05, 0.1) is 16.8 Å². The van der Waals surface area contributed by atoms with E-state index in [-0.39, 0.29) is 6.04 Å². The van der Waals surface area contributed by atoms with Crippen molar-refractivity contribution in [3.63, 3.8) is 0 Å². The number of hydrogen-bond acceptors (Lipinski definition) is 3. The maximum atomic E-state index is 5.86. The third kappa shape index (κ3) is 3.02. The van der Waals surface area contributed by atoms with Gasteiger partial charge in [-0.25, -0.2) is 0 Å². The van der Waals surface area contributed by atoms with Gasteiger partial charge in [0.1, 0.15) is 5.76 Å². The van der Waals surface area contributed by atoms with Crippen LogP contribution in [0.25, 0.3) is 0 Å². The Morgan fingerprint density at radius 3 is 2.56 bits per heavy atom. The Labute approximate surface area is 116 Å². The summed E-state index contributed by atoms with van der Waals surface area (Å²) in [5.41, 5.74) is 7.13. The van der Waals surface area contributed by atoms with E-state index in [9.17, 15) is 0 Å². The van der Waals surface area contributed by atoms with Crippen molar-refractivity contribution in [2.75, 3.05) is 13.6 Å². The lowest BCUT2D eigenvalue weighted by atomic mass is 10.1. The van der Waals surface area contributed by atoms with Gasteiger partial charge in [0.25, 0.3) is 0 Å². The van der Waals surface area contributed by atoms with E-state index in [2.05, 4.69) is 40.0 Å². The lowest BCUT2D eigenvalue weighted by Gasteiger charge is -2.25. The first-order valence-electron chi connectivity index (χ1n) is 5.89. The molecule has 0 saturated carbocycles. The van der Waals surface area contributed by atoms with E-state index in [4.69, 9.17) is 10.2 Å². The highest BCUT2D eigenvalue weighted by Crippen LogP contribution is 2.28. The smallest absolute Gasteiger partial charge is 0.136 e. The van der Waals surface area contributed by atoms with Gasteiger partial charge in [0, 0.05) is 13.1 Å². The minimum absolute atomic E-state index is 0.0783. The van der Waals surface area contributed by atoms with Gasteiger partial charge in [-0.2, -0.15) is 0 Å². The number of nitrogens with zero attached hydrogens (tertiary/aromatic N) is 1. The van der Waals surface area contributed by atoms with E-state index in [1.54, 1.807) is 6.26 Å². The van der Waals surface area contributed by atoms with Crippen LogP contribution in [-0.2, 0) is 6.54 Å². The Bertz CT molecular complexity index is 484. The van der Waals surface area contributed by atoms with Crippen LogP contribution in [0.1, 0.15) is 17.4 Å². The third-order valence-electron chi connectivity index (χ3n) is 2.98. The average Bonchev–Trinajstić information content (AvgIpc) is 2.78. The Hall–Kier alpha value is -1.10. The van der Waals surface area contributed by atoms with E-state index in [0.717, 1.165) is 16.8 Å². The summed E-state index contributed by atoms with van der Waals surface area (Å²) in [6.07, 6.45) is 1.68. The van der Waals surface area contributed by atoms with E-state index in [1.165, 1.54) is 5.56 Å². The molecule has 4 heteroatoms. The lowest BCUT2D eigenvalue weighted by Crippen LogP contribution is -2.30. The summed E-state index contributed by atoms with van der Waals surface area (Å²) in [6.45, 7) is 1.37. The molecule has 1 aromatic heterocycles. The van der Waals surface area contributed by atoms with E-state index in [0.29, 0.717) is 6.54 Å². The van der Waals surface area contributed by atoms with E-state index < -0.39 is 0 Å². The fraction of sp³-hybridized carbons (Fsp3) is 0.286. The summed E-state index contributed by atoms with van der Waals surface area (Å²) in [7, 11) is 2.06. The van der Waals surface area contributed by atoms with E-state index >= 15 is 0 Å². The molecule has 0 spiro atoms. The van der Waals surface area contributed by atoms with Gasteiger partial charge >= 0.3 is 0 Å². The van der Waals surface area contributed by atoms with Crippen LogP contribution in [0.5, 0.6) is 0 Å². The largest absolute Gasteiger partial charge is 0.466 e. The number of likely N-dealkylation sites (N-methyl/N-ethyl adjacent to an activating group) is 1. The monoisotopic (exact) mass is 308 g/mol. The van der Waals surface area contributed by atoms with Gasteiger partial charge < -0.3 is 10.2 Å². The molecule has 0 aliphatic carbocycles. The zero-order valence-corrected chi connectivity index (χ0v) is 11.9. The summed E-state index contributed by atoms with van der Waals surface area (Å²) in [4.78, 5) is 2.19. The molecule has 2 N–H and O–H groups in total. The molecule has 0 aliphatic heterocycles. The second-order valence-electron chi connectivity index (χ2n) is 4.29. The second kappa shape index (κ2) is 6.18. The molecule has 0 radical (unpaired) electrons. The number of hydrogen-bond donors (Lipinski definition) is 1. The third-order valence-corrected chi connectivity index (χ3v) is 3.63. The molecule has 1 heterocycles. The van der Waals surface area contributed by atoms with Gasteiger partial charge in [-0.15, -0.1) is 0 Å². The maximum Gasteiger partial charge on any atom is 0.136 e. The Balaban J connectivity index is 2.11. The topological polar surface area (TPSA) is 42.4 Å². The standard InChI is InChI=1S/C14H17BrN2O/c1-17(10-11-5-3-2-4-6-11)13(9-16)14-12(15)7-8-18-14/h2-8,13H,9-10,16H2,1H3. The highest BCUT2D eigenvalue weighted by molar-refractivity contribution is 9.10. The van der Waals surface area contributed by atoms with Gasteiger partial charge in [0.2, 0.25) is 0 Å². The SMILES string of the molecule is CN(Cc1ccccc1)C(CN)c1occc1Br. The van der Waals surface area contributed by atoms with Crippen molar-refractivity contribution in [2.24, 2.45) is 5.73 Å². The number of furan rings is 1. The molecule has 2 aromatic rings. The summed E-state index contributed by atoms with van der Waals surface area (Å²) >= 11 is 3.49. The Kier molecular flexibility index (Phi) is 4.58. The zero-order valence-electron chi connectivity index (χ0n) is 10.3. The van der Waals surface area contributed by atoms with Crippen molar-refractivity contribution >= 4 is 15.9 Å². The molecule has 3 nitrogen and oxygen atoms in total. The van der Waals surface area contributed by atoms with E-state index in [1.807, 2.05) is 24.3 Å². The second-order valence-corrected chi connectivity index (χ2v) is 5.14. The van der Waals surface area contributed by atoms with Crippen LogP contribution in [0.4, 0.5) is 0 Å². The summed E-state index contributed by atoms with van der Waals surface area (Å²) in [5.74, 6) is 0.885. The quantitative estimate of drug-likeness (QED) is 0.922. The highest BCUT2D eigenvalue weighted by atomic mass is 79.9.